The van der Waals surface area contributed by atoms with Gasteiger partial charge in [-0.25, -0.2) is 4.39 Å². The third kappa shape index (κ3) is 4.91. The van der Waals surface area contributed by atoms with Crippen LogP contribution in [0.4, 0.5) is 23.2 Å². The van der Waals surface area contributed by atoms with Gasteiger partial charge in [0.2, 0.25) is 12.0 Å². The molecule has 0 aliphatic carbocycles. The average Bonchev–Trinajstić information content (AvgIpc) is 2.90. The second-order valence-corrected chi connectivity index (χ2v) is 7.53. The Hall–Kier alpha value is -3.39. The number of rotatable bonds is 5. The standard InChI is InChI=1S/C24H20F4N2O2/c25-18-11-12-20-19(13-18)29-23(31)21(22(32-20)24(26,27)28)30(14-16-7-3-1-4-8-16)15-17-9-5-2-6-10-17/h1-13,21-22H,14-15H2,(H,29,31)/t21-,22-/m0/s1. The van der Waals surface area contributed by atoms with Crippen molar-refractivity contribution in [1.82, 2.24) is 4.90 Å². The van der Waals surface area contributed by atoms with Gasteiger partial charge in [0.05, 0.1) is 5.69 Å². The summed E-state index contributed by atoms with van der Waals surface area (Å²) < 4.78 is 61.4. The van der Waals surface area contributed by atoms with Crippen molar-refractivity contribution in [2.45, 2.75) is 31.4 Å². The fraction of sp³-hybridized carbons (Fsp3) is 0.208. The third-order valence-electron chi connectivity index (χ3n) is 5.18. The van der Waals surface area contributed by atoms with E-state index in [1.165, 1.54) is 4.90 Å². The first-order chi connectivity index (χ1) is 15.3. The summed E-state index contributed by atoms with van der Waals surface area (Å²) in [7, 11) is 0. The molecule has 8 heteroatoms. The van der Waals surface area contributed by atoms with Gasteiger partial charge in [0.25, 0.3) is 0 Å². The number of alkyl halides is 3. The third-order valence-corrected chi connectivity index (χ3v) is 5.18. The minimum atomic E-state index is -4.84. The number of hydrogen-bond donors (Lipinski definition) is 1. The molecule has 4 nitrogen and oxygen atoms in total. The van der Waals surface area contributed by atoms with E-state index in [0.717, 1.165) is 29.3 Å². The van der Waals surface area contributed by atoms with Crippen molar-refractivity contribution < 1.29 is 27.1 Å². The number of carbonyl (C=O) groups is 1. The largest absolute Gasteiger partial charge is 0.476 e. The topological polar surface area (TPSA) is 41.6 Å². The van der Waals surface area contributed by atoms with Gasteiger partial charge < -0.3 is 10.1 Å². The van der Waals surface area contributed by atoms with Crippen LogP contribution in [0.3, 0.4) is 0 Å². The molecule has 0 aromatic heterocycles. The summed E-state index contributed by atoms with van der Waals surface area (Å²) in [5, 5.41) is 2.42. The lowest BCUT2D eigenvalue weighted by molar-refractivity contribution is -0.212. The molecule has 1 aliphatic heterocycles. The van der Waals surface area contributed by atoms with Gasteiger partial charge in [-0.05, 0) is 23.3 Å². The second kappa shape index (κ2) is 9.00. The predicted molar refractivity (Wildman–Crippen MR) is 111 cm³/mol. The van der Waals surface area contributed by atoms with Gasteiger partial charge in [-0.2, -0.15) is 13.2 Å². The van der Waals surface area contributed by atoms with Crippen molar-refractivity contribution >= 4 is 11.6 Å². The Bertz CT molecular complexity index is 1030. The molecule has 1 aliphatic rings. The first kappa shape index (κ1) is 21.8. The monoisotopic (exact) mass is 444 g/mol. The lowest BCUT2D eigenvalue weighted by Crippen LogP contribution is -2.57. The van der Waals surface area contributed by atoms with Crippen molar-refractivity contribution in [3.63, 3.8) is 0 Å². The van der Waals surface area contributed by atoms with Crippen LogP contribution in [0.1, 0.15) is 11.1 Å². The molecule has 0 radical (unpaired) electrons. The molecule has 0 spiro atoms. The highest BCUT2D eigenvalue weighted by Crippen LogP contribution is 2.37. The molecule has 166 valence electrons. The Balaban J connectivity index is 1.76. The van der Waals surface area contributed by atoms with Crippen LogP contribution >= 0.6 is 0 Å². The highest BCUT2D eigenvalue weighted by molar-refractivity contribution is 5.97. The van der Waals surface area contributed by atoms with E-state index in [2.05, 4.69) is 5.32 Å². The van der Waals surface area contributed by atoms with Gasteiger partial charge in [-0.3, -0.25) is 9.69 Å². The summed E-state index contributed by atoms with van der Waals surface area (Å²) in [4.78, 5) is 14.5. The van der Waals surface area contributed by atoms with Gasteiger partial charge >= 0.3 is 6.18 Å². The molecule has 0 unspecified atom stereocenters. The molecule has 0 bridgehead atoms. The minimum absolute atomic E-state index is 0.0778. The molecule has 0 saturated heterocycles. The molecule has 4 rings (SSSR count). The fourth-order valence-corrected chi connectivity index (χ4v) is 3.74. The average molecular weight is 444 g/mol. The van der Waals surface area contributed by atoms with Crippen molar-refractivity contribution in [1.29, 1.82) is 0 Å². The van der Waals surface area contributed by atoms with E-state index >= 15 is 0 Å². The van der Waals surface area contributed by atoms with Gasteiger partial charge in [0.1, 0.15) is 17.6 Å². The first-order valence-corrected chi connectivity index (χ1v) is 9.97. The summed E-state index contributed by atoms with van der Waals surface area (Å²) in [5.74, 6) is -1.84. The van der Waals surface area contributed by atoms with Crippen LogP contribution < -0.4 is 10.1 Å². The van der Waals surface area contributed by atoms with Crippen LogP contribution in [0.25, 0.3) is 0 Å². The van der Waals surface area contributed by atoms with Gasteiger partial charge in [-0.1, -0.05) is 60.7 Å². The number of ether oxygens (including phenoxy) is 1. The normalized spacial score (nSPS) is 18.5. The van der Waals surface area contributed by atoms with Gasteiger partial charge in [0, 0.05) is 19.2 Å². The molecule has 0 fully saturated rings. The van der Waals surface area contributed by atoms with E-state index in [1.54, 1.807) is 60.7 Å². The van der Waals surface area contributed by atoms with Gasteiger partial charge in [-0.15, -0.1) is 0 Å². The zero-order valence-corrected chi connectivity index (χ0v) is 16.9. The summed E-state index contributed by atoms with van der Waals surface area (Å²) in [6.45, 7) is 0.156. The predicted octanol–water partition coefficient (Wildman–Crippen LogP) is 5.16. The quantitative estimate of drug-likeness (QED) is 0.553. The summed E-state index contributed by atoms with van der Waals surface area (Å²) in [5.41, 5.74) is 1.35. The summed E-state index contributed by atoms with van der Waals surface area (Å²) in [6, 6.07) is 19.1. The lowest BCUT2D eigenvalue weighted by Gasteiger charge is -2.35. The van der Waals surface area contributed by atoms with Crippen LogP contribution in [0.2, 0.25) is 0 Å². The van der Waals surface area contributed by atoms with Crippen LogP contribution in [0.15, 0.2) is 78.9 Å². The molecule has 1 heterocycles. The smallest absolute Gasteiger partial charge is 0.427 e. The minimum Gasteiger partial charge on any atom is -0.476 e. The van der Waals surface area contributed by atoms with E-state index in [1.807, 2.05) is 0 Å². The molecular weight excluding hydrogens is 424 g/mol. The van der Waals surface area contributed by atoms with E-state index in [0.29, 0.717) is 0 Å². The number of anilines is 1. The van der Waals surface area contributed by atoms with Crippen LogP contribution in [0, 0.1) is 5.82 Å². The molecule has 1 amide bonds. The number of nitrogens with one attached hydrogen (secondary N) is 1. The zero-order chi connectivity index (χ0) is 22.7. The number of hydrogen-bond acceptors (Lipinski definition) is 3. The van der Waals surface area contributed by atoms with Crippen molar-refractivity contribution in [3.8, 4) is 5.75 Å². The Morgan fingerprint density at radius 3 is 1.97 bits per heavy atom. The molecule has 3 aromatic rings. The number of benzene rings is 3. The van der Waals surface area contributed by atoms with E-state index in [9.17, 15) is 22.4 Å². The number of amides is 1. The maximum Gasteiger partial charge on any atom is 0.427 e. The number of carbonyl (C=O) groups excluding carboxylic acids is 1. The number of halogens is 4. The molecule has 32 heavy (non-hydrogen) atoms. The number of nitrogens with zero attached hydrogens (tertiary/aromatic N) is 1. The van der Waals surface area contributed by atoms with Crippen LogP contribution in [0.5, 0.6) is 5.75 Å². The summed E-state index contributed by atoms with van der Waals surface area (Å²) >= 11 is 0. The molecular formula is C24H20F4N2O2. The van der Waals surface area contributed by atoms with Crippen molar-refractivity contribution in [2.24, 2.45) is 0 Å². The van der Waals surface area contributed by atoms with E-state index < -0.39 is 30.0 Å². The van der Waals surface area contributed by atoms with Crippen molar-refractivity contribution in [3.05, 3.63) is 95.8 Å². The SMILES string of the molecule is O=C1Nc2cc(F)ccc2O[C@H](C(F)(F)F)[C@@H]1N(Cc1ccccc1)Cc1ccccc1. The van der Waals surface area contributed by atoms with Crippen LogP contribution in [-0.4, -0.2) is 29.1 Å². The van der Waals surface area contributed by atoms with Crippen molar-refractivity contribution in [2.75, 3.05) is 5.32 Å². The Labute approximate surface area is 182 Å². The summed E-state index contributed by atoms with van der Waals surface area (Å²) in [6.07, 6.45) is -7.29. The Kier molecular flexibility index (Phi) is 6.14. The maximum absolute atomic E-state index is 14.2. The Morgan fingerprint density at radius 2 is 1.44 bits per heavy atom. The fourth-order valence-electron chi connectivity index (χ4n) is 3.74. The second-order valence-electron chi connectivity index (χ2n) is 7.53. The molecule has 3 aromatic carbocycles. The molecule has 2 atom stereocenters. The first-order valence-electron chi connectivity index (χ1n) is 9.97. The highest BCUT2D eigenvalue weighted by atomic mass is 19.4. The van der Waals surface area contributed by atoms with E-state index in [4.69, 9.17) is 4.74 Å². The Morgan fingerprint density at radius 1 is 0.875 bits per heavy atom. The molecule has 1 N–H and O–H groups in total. The highest BCUT2D eigenvalue weighted by Gasteiger charge is 2.53. The van der Waals surface area contributed by atoms with Crippen LogP contribution in [-0.2, 0) is 17.9 Å². The maximum atomic E-state index is 14.2. The molecule has 0 saturated carbocycles. The zero-order valence-electron chi connectivity index (χ0n) is 16.9. The lowest BCUT2D eigenvalue weighted by atomic mass is 10.0. The van der Waals surface area contributed by atoms with E-state index in [-0.39, 0.29) is 24.5 Å². The number of fused-ring (bicyclic) bond motifs is 1. The van der Waals surface area contributed by atoms with Gasteiger partial charge in [0.15, 0.2) is 0 Å².